The van der Waals surface area contributed by atoms with Crippen molar-refractivity contribution < 1.29 is 0 Å². The van der Waals surface area contributed by atoms with Crippen molar-refractivity contribution in [2.75, 3.05) is 13.1 Å². The van der Waals surface area contributed by atoms with E-state index in [0.717, 1.165) is 42.0 Å². The molecule has 0 bridgehead atoms. The summed E-state index contributed by atoms with van der Waals surface area (Å²) >= 11 is 6.45. The Labute approximate surface area is 132 Å². The first-order chi connectivity index (χ1) is 10.1. The smallest absolute Gasteiger partial charge is 0.0860 e. The summed E-state index contributed by atoms with van der Waals surface area (Å²) in [6.45, 7) is 7.45. The van der Waals surface area contributed by atoms with Gasteiger partial charge >= 0.3 is 0 Å². The van der Waals surface area contributed by atoms with Gasteiger partial charge in [-0.15, -0.1) is 0 Å². The molecule has 0 amide bonds. The molecule has 0 radical (unpaired) electrons. The summed E-state index contributed by atoms with van der Waals surface area (Å²) in [6, 6.07) is 1.29. The van der Waals surface area contributed by atoms with Crippen LogP contribution in [0.3, 0.4) is 0 Å². The first kappa shape index (κ1) is 15.3. The molecule has 0 aromatic carbocycles. The molecule has 1 aliphatic heterocycles. The SMILES string of the molecule is CCCC1CN(Cc2c(Cl)c(C)nn2C)C(C2CC2)CN1. The molecule has 1 N–H and O–H groups in total. The highest BCUT2D eigenvalue weighted by atomic mass is 35.5. The van der Waals surface area contributed by atoms with E-state index in [-0.39, 0.29) is 0 Å². The molecule has 1 saturated heterocycles. The number of aromatic nitrogens is 2. The first-order valence-corrected chi connectivity index (χ1v) is 8.63. The molecule has 1 aromatic rings. The molecule has 3 rings (SSSR count). The summed E-state index contributed by atoms with van der Waals surface area (Å²) in [5.74, 6) is 0.883. The van der Waals surface area contributed by atoms with Crippen molar-refractivity contribution in [1.29, 1.82) is 0 Å². The van der Waals surface area contributed by atoms with E-state index >= 15 is 0 Å². The standard InChI is InChI=1S/C16H27ClN4/c1-4-5-13-9-21(14(8-18-13)12-6-7-12)10-15-16(17)11(2)19-20(15)3/h12-14,18H,4-10H2,1-3H3. The predicted octanol–water partition coefficient (Wildman–Crippen LogP) is 2.73. The van der Waals surface area contributed by atoms with Gasteiger partial charge in [-0.3, -0.25) is 9.58 Å². The Morgan fingerprint density at radius 1 is 1.38 bits per heavy atom. The van der Waals surface area contributed by atoms with Crippen LogP contribution in [0.25, 0.3) is 0 Å². The summed E-state index contributed by atoms with van der Waals surface area (Å²) in [5, 5.41) is 9.05. The average Bonchev–Trinajstić information content (AvgIpc) is 3.25. The molecule has 2 unspecified atom stereocenters. The maximum atomic E-state index is 6.45. The van der Waals surface area contributed by atoms with Crippen molar-refractivity contribution >= 4 is 11.6 Å². The number of nitrogens with zero attached hydrogens (tertiary/aromatic N) is 3. The topological polar surface area (TPSA) is 33.1 Å². The molecule has 4 nitrogen and oxygen atoms in total. The van der Waals surface area contributed by atoms with Crippen LogP contribution in [0.2, 0.25) is 5.02 Å². The Bertz CT molecular complexity index is 495. The average molecular weight is 311 g/mol. The molecule has 2 heterocycles. The third-order valence-corrected chi connectivity index (χ3v) is 5.45. The Morgan fingerprint density at radius 3 is 2.71 bits per heavy atom. The lowest BCUT2D eigenvalue weighted by Crippen LogP contribution is -2.56. The fourth-order valence-electron chi connectivity index (χ4n) is 3.61. The van der Waals surface area contributed by atoms with Crippen LogP contribution in [0.15, 0.2) is 0 Å². The highest BCUT2D eigenvalue weighted by Gasteiger charge is 2.39. The summed E-state index contributed by atoms with van der Waals surface area (Å²) < 4.78 is 1.96. The summed E-state index contributed by atoms with van der Waals surface area (Å²) in [6.07, 6.45) is 5.27. The van der Waals surface area contributed by atoms with Crippen molar-refractivity contribution in [1.82, 2.24) is 20.0 Å². The molecule has 1 saturated carbocycles. The molecule has 1 aromatic heterocycles. The van der Waals surface area contributed by atoms with E-state index in [9.17, 15) is 0 Å². The number of piperazine rings is 1. The van der Waals surface area contributed by atoms with Crippen LogP contribution in [-0.4, -0.2) is 39.9 Å². The van der Waals surface area contributed by atoms with Crippen molar-refractivity contribution in [3.8, 4) is 0 Å². The van der Waals surface area contributed by atoms with Gasteiger partial charge in [0.05, 0.1) is 16.4 Å². The summed E-state index contributed by atoms with van der Waals surface area (Å²) in [7, 11) is 2.01. The maximum absolute atomic E-state index is 6.45. The number of aryl methyl sites for hydroxylation is 2. The van der Waals surface area contributed by atoms with E-state index in [1.165, 1.54) is 25.7 Å². The molecule has 2 atom stereocenters. The van der Waals surface area contributed by atoms with Gasteiger partial charge in [-0.2, -0.15) is 5.10 Å². The zero-order chi connectivity index (χ0) is 15.0. The van der Waals surface area contributed by atoms with E-state index in [1.807, 2.05) is 18.7 Å². The van der Waals surface area contributed by atoms with Crippen molar-refractivity contribution in [3.63, 3.8) is 0 Å². The Morgan fingerprint density at radius 2 is 2.14 bits per heavy atom. The van der Waals surface area contributed by atoms with Gasteiger partial charge in [0, 0.05) is 38.8 Å². The van der Waals surface area contributed by atoms with E-state index in [1.54, 1.807) is 0 Å². The largest absolute Gasteiger partial charge is 0.311 e. The van der Waals surface area contributed by atoms with Crippen molar-refractivity contribution in [2.45, 2.75) is 58.2 Å². The number of hydrogen-bond acceptors (Lipinski definition) is 3. The van der Waals surface area contributed by atoms with Crippen LogP contribution in [0, 0.1) is 12.8 Å². The van der Waals surface area contributed by atoms with Gasteiger partial charge < -0.3 is 5.32 Å². The van der Waals surface area contributed by atoms with Gasteiger partial charge in [0.2, 0.25) is 0 Å². The number of nitrogens with one attached hydrogen (secondary N) is 1. The normalized spacial score (nSPS) is 27.2. The second kappa shape index (κ2) is 6.27. The van der Waals surface area contributed by atoms with Crippen LogP contribution in [0.4, 0.5) is 0 Å². The van der Waals surface area contributed by atoms with E-state index in [2.05, 4.69) is 22.2 Å². The molecular formula is C16H27ClN4. The van der Waals surface area contributed by atoms with E-state index in [0.29, 0.717) is 12.1 Å². The fraction of sp³-hybridized carbons (Fsp3) is 0.812. The Hall–Kier alpha value is -0.580. The first-order valence-electron chi connectivity index (χ1n) is 8.25. The Balaban J connectivity index is 1.75. The van der Waals surface area contributed by atoms with Crippen LogP contribution < -0.4 is 5.32 Å². The number of halogens is 1. The van der Waals surface area contributed by atoms with Gasteiger partial charge in [0.15, 0.2) is 0 Å². The third-order valence-electron chi connectivity index (χ3n) is 4.96. The van der Waals surface area contributed by atoms with Crippen LogP contribution in [0.5, 0.6) is 0 Å². The van der Waals surface area contributed by atoms with Crippen molar-refractivity contribution in [3.05, 3.63) is 16.4 Å². The molecule has 5 heteroatoms. The van der Waals surface area contributed by atoms with E-state index < -0.39 is 0 Å². The maximum Gasteiger partial charge on any atom is 0.0860 e. The van der Waals surface area contributed by atoms with Crippen molar-refractivity contribution in [2.24, 2.45) is 13.0 Å². The van der Waals surface area contributed by atoms with Crippen LogP contribution in [0.1, 0.15) is 44.0 Å². The molecule has 2 aliphatic rings. The molecule has 21 heavy (non-hydrogen) atoms. The van der Waals surface area contributed by atoms with E-state index in [4.69, 9.17) is 11.6 Å². The number of hydrogen-bond donors (Lipinski definition) is 1. The monoisotopic (exact) mass is 310 g/mol. The lowest BCUT2D eigenvalue weighted by molar-refractivity contribution is 0.101. The summed E-state index contributed by atoms with van der Waals surface area (Å²) in [5.41, 5.74) is 2.11. The molecule has 1 aliphatic carbocycles. The van der Waals surface area contributed by atoms with Gasteiger partial charge in [-0.25, -0.2) is 0 Å². The quantitative estimate of drug-likeness (QED) is 0.908. The fourth-order valence-corrected chi connectivity index (χ4v) is 3.83. The van der Waals surface area contributed by atoms with Gasteiger partial charge in [0.1, 0.15) is 0 Å². The molecule has 0 spiro atoms. The highest BCUT2D eigenvalue weighted by molar-refractivity contribution is 6.31. The lowest BCUT2D eigenvalue weighted by Gasteiger charge is -2.41. The number of rotatable bonds is 5. The highest BCUT2D eigenvalue weighted by Crippen LogP contribution is 2.37. The Kier molecular flexibility index (Phi) is 4.57. The van der Waals surface area contributed by atoms with Gasteiger partial charge in [-0.05, 0) is 32.1 Å². The zero-order valence-electron chi connectivity index (χ0n) is 13.4. The third kappa shape index (κ3) is 3.27. The van der Waals surface area contributed by atoms with Crippen LogP contribution >= 0.6 is 11.6 Å². The van der Waals surface area contributed by atoms with Gasteiger partial charge in [0.25, 0.3) is 0 Å². The summed E-state index contributed by atoms with van der Waals surface area (Å²) in [4.78, 5) is 2.65. The minimum atomic E-state index is 0.623. The lowest BCUT2D eigenvalue weighted by atomic mass is 10.0. The second-order valence-electron chi connectivity index (χ2n) is 6.70. The minimum Gasteiger partial charge on any atom is -0.311 e. The van der Waals surface area contributed by atoms with Gasteiger partial charge in [-0.1, -0.05) is 24.9 Å². The minimum absolute atomic E-state index is 0.623. The molecule has 118 valence electrons. The second-order valence-corrected chi connectivity index (χ2v) is 7.08. The molecule has 2 fully saturated rings. The predicted molar refractivity (Wildman–Crippen MR) is 86.6 cm³/mol. The molecular weight excluding hydrogens is 284 g/mol. The zero-order valence-corrected chi connectivity index (χ0v) is 14.2. The van der Waals surface area contributed by atoms with Crippen LogP contribution in [-0.2, 0) is 13.6 Å².